The van der Waals surface area contributed by atoms with Crippen molar-refractivity contribution in [2.45, 2.75) is 31.3 Å². The van der Waals surface area contributed by atoms with Crippen molar-refractivity contribution in [1.29, 1.82) is 0 Å². The zero-order chi connectivity index (χ0) is 16.2. The highest BCUT2D eigenvalue weighted by Gasteiger charge is 2.32. The molecule has 0 spiro atoms. The summed E-state index contributed by atoms with van der Waals surface area (Å²) in [5.41, 5.74) is 0.763. The van der Waals surface area contributed by atoms with E-state index in [0.29, 0.717) is 13.0 Å². The Bertz CT molecular complexity index is 481. The highest BCUT2D eigenvalue weighted by Crippen LogP contribution is 2.24. The fourth-order valence-electron chi connectivity index (χ4n) is 2.74. The molecule has 1 aromatic rings. The number of likely N-dealkylation sites (tertiary alicyclic amines) is 1. The molecule has 1 aliphatic heterocycles. The number of nitrogens with zero attached hydrogens (tertiary/aromatic N) is 1. The van der Waals surface area contributed by atoms with Crippen LogP contribution in [0.2, 0.25) is 0 Å². The van der Waals surface area contributed by atoms with Crippen LogP contribution in [0.15, 0.2) is 24.3 Å². The number of aliphatic hydroxyl groups excluding tert-OH is 1. The molecule has 0 aromatic heterocycles. The zero-order valence-electron chi connectivity index (χ0n) is 12.3. The van der Waals surface area contributed by atoms with Crippen molar-refractivity contribution in [2.75, 3.05) is 26.8 Å². The van der Waals surface area contributed by atoms with E-state index in [1.54, 1.807) is 19.2 Å². The molecule has 0 bridgehead atoms. The van der Waals surface area contributed by atoms with Crippen molar-refractivity contribution >= 4 is 0 Å². The van der Waals surface area contributed by atoms with Crippen LogP contribution in [0.1, 0.15) is 12.0 Å². The van der Waals surface area contributed by atoms with Crippen LogP contribution in [-0.4, -0.2) is 55.3 Å². The molecule has 1 aliphatic rings. The topological polar surface area (TPSA) is 41.9 Å². The van der Waals surface area contributed by atoms with Crippen molar-refractivity contribution in [1.82, 2.24) is 4.90 Å². The minimum Gasteiger partial charge on any atom is -0.406 e. The molecule has 0 unspecified atom stereocenters. The Morgan fingerprint density at radius 2 is 2.14 bits per heavy atom. The standard InChI is InChI=1S/C15H20F3NO3/c1-21-14-8-12(10-20)19(9-14)6-5-11-3-2-4-13(7-11)22-15(16,17)18/h2-4,7,12,14,20H,5-6,8-10H2,1H3/t12-,14+/m0/s1. The number of halogens is 3. The number of methoxy groups -OCH3 is 1. The summed E-state index contributed by atoms with van der Waals surface area (Å²) in [6.07, 6.45) is -3.23. The van der Waals surface area contributed by atoms with Crippen molar-refractivity contribution in [3.63, 3.8) is 0 Å². The number of rotatable bonds is 6. The minimum atomic E-state index is -4.68. The van der Waals surface area contributed by atoms with E-state index in [0.717, 1.165) is 18.5 Å². The lowest BCUT2D eigenvalue weighted by molar-refractivity contribution is -0.274. The van der Waals surface area contributed by atoms with Crippen LogP contribution in [0.25, 0.3) is 0 Å². The van der Waals surface area contributed by atoms with Gasteiger partial charge in [-0.2, -0.15) is 0 Å². The molecule has 7 heteroatoms. The van der Waals surface area contributed by atoms with Gasteiger partial charge in [0, 0.05) is 26.2 Å². The molecular weight excluding hydrogens is 299 g/mol. The molecule has 22 heavy (non-hydrogen) atoms. The van der Waals surface area contributed by atoms with Crippen molar-refractivity contribution in [2.24, 2.45) is 0 Å². The largest absolute Gasteiger partial charge is 0.573 e. The molecule has 1 N–H and O–H groups in total. The minimum absolute atomic E-state index is 0.0413. The maximum atomic E-state index is 12.2. The molecule has 0 saturated carbocycles. The van der Waals surface area contributed by atoms with E-state index in [1.807, 2.05) is 0 Å². The highest BCUT2D eigenvalue weighted by molar-refractivity contribution is 5.28. The highest BCUT2D eigenvalue weighted by atomic mass is 19.4. The first-order valence-corrected chi connectivity index (χ1v) is 7.13. The second-order valence-electron chi connectivity index (χ2n) is 5.37. The zero-order valence-corrected chi connectivity index (χ0v) is 12.3. The lowest BCUT2D eigenvalue weighted by Gasteiger charge is -2.22. The van der Waals surface area contributed by atoms with Crippen LogP contribution < -0.4 is 4.74 Å². The van der Waals surface area contributed by atoms with Gasteiger partial charge < -0.3 is 14.6 Å². The predicted molar refractivity (Wildman–Crippen MR) is 74.7 cm³/mol. The van der Waals surface area contributed by atoms with Gasteiger partial charge >= 0.3 is 6.36 Å². The first kappa shape index (κ1) is 17.1. The maximum Gasteiger partial charge on any atom is 0.573 e. The van der Waals surface area contributed by atoms with Crippen LogP contribution >= 0.6 is 0 Å². The van der Waals surface area contributed by atoms with Gasteiger partial charge in [-0.05, 0) is 30.5 Å². The van der Waals surface area contributed by atoms with Gasteiger partial charge in [-0.15, -0.1) is 13.2 Å². The van der Waals surface area contributed by atoms with Gasteiger partial charge in [-0.25, -0.2) is 0 Å². The second-order valence-corrected chi connectivity index (χ2v) is 5.37. The summed E-state index contributed by atoms with van der Waals surface area (Å²) in [4.78, 5) is 2.10. The van der Waals surface area contributed by atoms with Gasteiger partial charge in [0.05, 0.1) is 12.7 Å². The molecule has 0 radical (unpaired) electrons. The molecule has 1 saturated heterocycles. The molecule has 124 valence electrons. The van der Waals surface area contributed by atoms with Gasteiger partial charge in [-0.1, -0.05) is 12.1 Å². The molecule has 1 fully saturated rings. The molecule has 2 rings (SSSR count). The Morgan fingerprint density at radius 3 is 2.77 bits per heavy atom. The van der Waals surface area contributed by atoms with Gasteiger partial charge in [0.25, 0.3) is 0 Å². The summed E-state index contributed by atoms with van der Waals surface area (Å²) in [6.45, 7) is 1.43. The number of ether oxygens (including phenoxy) is 2. The molecule has 1 heterocycles. The Balaban J connectivity index is 1.92. The van der Waals surface area contributed by atoms with Crippen LogP contribution in [0.3, 0.4) is 0 Å². The van der Waals surface area contributed by atoms with E-state index in [-0.39, 0.29) is 24.5 Å². The third-order valence-corrected chi connectivity index (χ3v) is 3.85. The number of benzene rings is 1. The molecule has 4 nitrogen and oxygen atoms in total. The second kappa shape index (κ2) is 7.30. The van der Waals surface area contributed by atoms with E-state index >= 15 is 0 Å². The lowest BCUT2D eigenvalue weighted by Crippen LogP contribution is -2.34. The lowest BCUT2D eigenvalue weighted by atomic mass is 10.1. The number of aliphatic hydroxyl groups is 1. The van der Waals surface area contributed by atoms with Crippen molar-refractivity contribution < 1.29 is 27.8 Å². The first-order chi connectivity index (χ1) is 10.4. The fourth-order valence-corrected chi connectivity index (χ4v) is 2.74. The summed E-state index contributed by atoms with van der Waals surface area (Å²) in [5, 5.41) is 9.38. The molecule has 0 aliphatic carbocycles. The average molecular weight is 319 g/mol. The van der Waals surface area contributed by atoms with E-state index in [4.69, 9.17) is 4.74 Å². The predicted octanol–water partition coefficient (Wildman–Crippen LogP) is 2.21. The van der Waals surface area contributed by atoms with E-state index < -0.39 is 6.36 Å². The third-order valence-electron chi connectivity index (χ3n) is 3.85. The number of hydrogen-bond donors (Lipinski definition) is 1. The van der Waals surface area contributed by atoms with Crippen molar-refractivity contribution in [3.8, 4) is 5.75 Å². The molecule has 2 atom stereocenters. The van der Waals surface area contributed by atoms with Crippen LogP contribution in [0.5, 0.6) is 5.75 Å². The van der Waals surface area contributed by atoms with Crippen LogP contribution in [-0.2, 0) is 11.2 Å². The summed E-state index contributed by atoms with van der Waals surface area (Å²) < 4.78 is 45.9. The van der Waals surface area contributed by atoms with Crippen LogP contribution in [0, 0.1) is 0 Å². The van der Waals surface area contributed by atoms with Gasteiger partial charge in [0.1, 0.15) is 5.75 Å². The van der Waals surface area contributed by atoms with Gasteiger partial charge in [0.2, 0.25) is 0 Å². The fraction of sp³-hybridized carbons (Fsp3) is 0.600. The Labute approximate surface area is 127 Å². The average Bonchev–Trinajstić information content (AvgIpc) is 2.86. The van der Waals surface area contributed by atoms with Gasteiger partial charge in [0.15, 0.2) is 0 Å². The SMILES string of the molecule is CO[C@@H]1C[C@@H](CO)N(CCc2cccc(OC(F)(F)F)c2)C1. The summed E-state index contributed by atoms with van der Waals surface area (Å²) >= 11 is 0. The summed E-state index contributed by atoms with van der Waals surface area (Å²) in [6, 6.07) is 6.03. The van der Waals surface area contributed by atoms with E-state index in [1.165, 1.54) is 12.1 Å². The number of alkyl halides is 3. The summed E-state index contributed by atoms with van der Waals surface area (Å²) in [5.74, 6) is -0.208. The quantitative estimate of drug-likeness (QED) is 0.873. The Hall–Kier alpha value is -1.31. The molecule has 1 aromatic carbocycles. The van der Waals surface area contributed by atoms with E-state index in [9.17, 15) is 18.3 Å². The van der Waals surface area contributed by atoms with Gasteiger partial charge in [-0.3, -0.25) is 4.90 Å². The monoisotopic (exact) mass is 319 g/mol. The van der Waals surface area contributed by atoms with Crippen LogP contribution in [0.4, 0.5) is 13.2 Å². The normalized spacial score (nSPS) is 23.0. The van der Waals surface area contributed by atoms with Crippen molar-refractivity contribution in [3.05, 3.63) is 29.8 Å². The third kappa shape index (κ3) is 4.86. The number of hydrogen-bond acceptors (Lipinski definition) is 4. The Morgan fingerprint density at radius 1 is 1.36 bits per heavy atom. The van der Waals surface area contributed by atoms with E-state index in [2.05, 4.69) is 9.64 Å². The first-order valence-electron chi connectivity index (χ1n) is 7.13. The molecule has 0 amide bonds. The maximum absolute atomic E-state index is 12.2. The molecular formula is C15H20F3NO3. The Kier molecular flexibility index (Phi) is 5.66. The summed E-state index contributed by atoms with van der Waals surface area (Å²) in [7, 11) is 1.64. The smallest absolute Gasteiger partial charge is 0.406 e.